The van der Waals surface area contributed by atoms with Crippen molar-refractivity contribution in [3.63, 3.8) is 0 Å². The van der Waals surface area contributed by atoms with Gasteiger partial charge in [-0.2, -0.15) is 16.4 Å². The summed E-state index contributed by atoms with van der Waals surface area (Å²) in [7, 11) is 0. The third kappa shape index (κ3) is 2.79. The molecule has 7 heteroatoms. The van der Waals surface area contributed by atoms with E-state index in [9.17, 15) is 0 Å². The fraction of sp³-hybridized carbons (Fsp3) is 0.176. The Bertz CT molecular complexity index is 1000. The number of para-hydroxylation sites is 1. The number of thiazole rings is 1. The number of hydrogen-bond acceptors (Lipinski definition) is 5. The normalized spacial score (nSPS) is 10.8. The maximum absolute atomic E-state index is 4.54. The molecular weight excluding hydrogens is 499 g/mol. The molecule has 0 aliphatic carbocycles. The summed E-state index contributed by atoms with van der Waals surface area (Å²) < 4.78 is 2.90. The topological polar surface area (TPSA) is 56.5 Å². The first kappa shape index (κ1) is 16.9. The third-order valence-corrected chi connectivity index (χ3v) is 4.72. The molecule has 0 atom stereocenters. The Hall–Kier alpha value is -1.95. The molecule has 0 aliphatic rings. The summed E-state index contributed by atoms with van der Waals surface area (Å²) in [4.78, 5) is 4.54. The van der Waals surface area contributed by atoms with Crippen molar-refractivity contribution in [1.82, 2.24) is 25.2 Å². The Morgan fingerprint density at radius 1 is 1.12 bits per heavy atom. The summed E-state index contributed by atoms with van der Waals surface area (Å²) in [5.41, 5.74) is 5.07. The van der Waals surface area contributed by atoms with Gasteiger partial charge in [-0.15, -0.1) is 23.8 Å². The number of tetrazole rings is 1. The van der Waals surface area contributed by atoms with Gasteiger partial charge >= 0.3 is 0 Å². The van der Waals surface area contributed by atoms with Gasteiger partial charge < -0.3 is 0 Å². The minimum absolute atomic E-state index is 0. The van der Waals surface area contributed by atoms with Crippen molar-refractivity contribution in [2.24, 2.45) is 0 Å². The van der Waals surface area contributed by atoms with Crippen molar-refractivity contribution < 1.29 is 20.1 Å². The van der Waals surface area contributed by atoms with Crippen molar-refractivity contribution in [1.29, 1.82) is 0 Å². The molecule has 0 saturated carbocycles. The first-order valence-corrected chi connectivity index (χ1v) is 8.09. The van der Waals surface area contributed by atoms with Crippen molar-refractivity contribution in [3.8, 4) is 17.1 Å². The molecule has 4 aromatic rings. The summed E-state index contributed by atoms with van der Waals surface area (Å²) >= 11 is 1.66. The van der Waals surface area contributed by atoms with Gasteiger partial charge in [-0.3, -0.25) is 4.98 Å². The van der Waals surface area contributed by atoms with Crippen LogP contribution in [0.15, 0.2) is 30.3 Å². The molecule has 0 aliphatic heterocycles. The first-order chi connectivity index (χ1) is 11.1. The summed E-state index contributed by atoms with van der Waals surface area (Å²) in [6.07, 6.45) is 0. The van der Waals surface area contributed by atoms with Gasteiger partial charge in [-0.05, 0) is 52.5 Å². The Kier molecular flexibility index (Phi) is 4.58. The van der Waals surface area contributed by atoms with Crippen molar-refractivity contribution >= 4 is 21.6 Å². The van der Waals surface area contributed by atoms with Crippen LogP contribution in [0, 0.1) is 26.8 Å². The molecule has 0 unspecified atom stereocenters. The van der Waals surface area contributed by atoms with E-state index in [-0.39, 0.29) is 20.1 Å². The van der Waals surface area contributed by atoms with Crippen LogP contribution in [0.25, 0.3) is 27.3 Å². The molecule has 0 amide bonds. The zero-order valence-corrected chi connectivity index (χ0v) is 16.6. The van der Waals surface area contributed by atoms with Gasteiger partial charge in [0, 0.05) is 20.1 Å². The first-order valence-electron chi connectivity index (χ1n) is 7.27. The molecule has 0 bridgehead atoms. The predicted molar refractivity (Wildman–Crippen MR) is 90.8 cm³/mol. The van der Waals surface area contributed by atoms with Crippen molar-refractivity contribution in [2.75, 3.05) is 0 Å². The van der Waals surface area contributed by atoms with Crippen LogP contribution in [0.4, 0.5) is 0 Å². The molecule has 2 heterocycles. The van der Waals surface area contributed by atoms with Gasteiger partial charge in [0.1, 0.15) is 5.82 Å². The number of rotatable bonds is 2. The van der Waals surface area contributed by atoms with Crippen LogP contribution in [-0.2, 0) is 20.1 Å². The second kappa shape index (κ2) is 6.51. The summed E-state index contributed by atoms with van der Waals surface area (Å²) in [6, 6.07) is 13.4. The Morgan fingerprint density at radius 3 is 2.62 bits per heavy atom. The molecule has 0 spiro atoms. The van der Waals surface area contributed by atoms with E-state index in [2.05, 4.69) is 52.6 Å². The summed E-state index contributed by atoms with van der Waals surface area (Å²) in [6.45, 7) is 6.13. The number of benzene rings is 2. The molecule has 0 saturated heterocycles. The Balaban J connectivity index is 0.00000169. The monoisotopic (exact) mass is 513 g/mol. The van der Waals surface area contributed by atoms with Crippen molar-refractivity contribution in [2.45, 2.75) is 20.8 Å². The predicted octanol–water partition coefficient (Wildman–Crippen LogP) is 3.66. The van der Waals surface area contributed by atoms with Crippen LogP contribution in [0.2, 0.25) is 0 Å². The third-order valence-electron chi connectivity index (χ3n) is 3.79. The van der Waals surface area contributed by atoms with Crippen LogP contribution in [-0.4, -0.2) is 25.2 Å². The Labute approximate surface area is 157 Å². The molecule has 0 fully saturated rings. The van der Waals surface area contributed by atoms with Crippen LogP contribution in [0.3, 0.4) is 0 Å². The largest absolute Gasteiger partial charge is 0.262 e. The van der Waals surface area contributed by atoms with E-state index >= 15 is 0 Å². The maximum atomic E-state index is 4.54. The Morgan fingerprint density at radius 2 is 1.88 bits per heavy atom. The molecule has 2 aromatic heterocycles. The van der Waals surface area contributed by atoms with Gasteiger partial charge in [0.15, 0.2) is 0 Å². The van der Waals surface area contributed by atoms with Gasteiger partial charge in [-0.1, -0.05) is 18.2 Å². The molecule has 123 valence electrons. The number of nitrogens with zero attached hydrogens (tertiary/aromatic N) is 5. The molecule has 2 aromatic carbocycles. The van der Waals surface area contributed by atoms with Crippen LogP contribution in [0.1, 0.15) is 16.1 Å². The zero-order valence-electron chi connectivity index (χ0n) is 13.4. The molecule has 4 rings (SSSR count). The number of fused-ring (bicyclic) bond motifs is 1. The molecule has 5 nitrogen and oxygen atoms in total. The van der Waals surface area contributed by atoms with E-state index in [4.69, 9.17) is 0 Å². The fourth-order valence-corrected chi connectivity index (χ4v) is 3.55. The number of aryl methyl sites for hydroxylation is 3. The summed E-state index contributed by atoms with van der Waals surface area (Å²) in [5, 5.41) is 13.3. The van der Waals surface area contributed by atoms with Crippen LogP contribution in [0.5, 0.6) is 0 Å². The average Bonchev–Trinajstić information content (AvgIpc) is 3.11. The average molecular weight is 513 g/mol. The number of aromatic nitrogens is 5. The van der Waals surface area contributed by atoms with Crippen LogP contribution < -0.4 is 0 Å². The molecule has 1 radical (unpaired) electrons. The maximum Gasteiger partial charge on any atom is 0.104 e. The fourth-order valence-electron chi connectivity index (χ4n) is 2.76. The van der Waals surface area contributed by atoms with E-state index in [1.54, 1.807) is 16.0 Å². The molecule has 24 heavy (non-hydrogen) atoms. The van der Waals surface area contributed by atoms with Gasteiger partial charge in [-0.25, -0.2) is 4.68 Å². The summed E-state index contributed by atoms with van der Waals surface area (Å²) in [5.74, 6) is 0.676. The molecule has 0 N–H and O–H groups in total. The minimum atomic E-state index is 0. The second-order valence-electron chi connectivity index (χ2n) is 5.48. The van der Waals surface area contributed by atoms with E-state index in [1.807, 2.05) is 25.1 Å². The van der Waals surface area contributed by atoms with Crippen molar-refractivity contribution in [3.05, 3.63) is 52.5 Å². The quantitative estimate of drug-likeness (QED) is 0.385. The second-order valence-corrected chi connectivity index (χ2v) is 6.72. The zero-order chi connectivity index (χ0) is 16.0. The number of hydrogen-bond donors (Lipinski definition) is 0. The molecular formula is C17H14IrN5S-. The van der Waals surface area contributed by atoms with E-state index in [0.717, 1.165) is 37.6 Å². The van der Waals surface area contributed by atoms with Gasteiger partial charge in [0.05, 0.1) is 10.7 Å². The van der Waals surface area contributed by atoms with E-state index in [1.165, 1.54) is 0 Å². The van der Waals surface area contributed by atoms with Crippen LogP contribution >= 0.6 is 11.3 Å². The van der Waals surface area contributed by atoms with E-state index < -0.39 is 0 Å². The van der Waals surface area contributed by atoms with Gasteiger partial charge in [0.2, 0.25) is 0 Å². The van der Waals surface area contributed by atoms with Gasteiger partial charge in [0.25, 0.3) is 0 Å². The van der Waals surface area contributed by atoms with E-state index in [0.29, 0.717) is 5.82 Å². The standard InChI is InChI=1S/C17H14N5S.Ir/c1-10-5-4-6-11(2)16(10)22-17(19-20-21-22)13-7-8-15-14(9-13)18-12(3)23-15;/h4-6,8-9H,1-3H3;/q-1;. The smallest absolute Gasteiger partial charge is 0.104 e. The SMILES string of the molecule is Cc1nc2cc(-c3nnnn3-c3c(C)cccc3C)[c-]cc2s1.[Ir]. The minimum Gasteiger partial charge on any atom is -0.262 e.